The molecule has 82 valence electrons. The van der Waals surface area contributed by atoms with Crippen LogP contribution in [0.5, 0.6) is 0 Å². The first kappa shape index (κ1) is 11.8. The van der Waals surface area contributed by atoms with E-state index in [2.05, 4.69) is 0 Å². The highest BCUT2D eigenvalue weighted by Crippen LogP contribution is 2.19. The van der Waals surface area contributed by atoms with Crippen molar-refractivity contribution >= 4 is 5.71 Å². The molecule has 0 bridgehead atoms. The molecule has 0 atom stereocenters. The maximum Gasteiger partial charge on any atom is 0.428 e. The predicted octanol–water partition coefficient (Wildman–Crippen LogP) is 3.51. The molecular formula is C11H12F3N. The maximum absolute atomic E-state index is 12.0. The van der Waals surface area contributed by atoms with Gasteiger partial charge in [-0.05, 0) is 25.3 Å². The second-order valence-electron chi connectivity index (χ2n) is 3.46. The van der Waals surface area contributed by atoms with E-state index in [0.29, 0.717) is 0 Å². The number of hydrogen-bond donors (Lipinski definition) is 1. The van der Waals surface area contributed by atoms with Crippen molar-refractivity contribution in [2.45, 2.75) is 25.9 Å². The van der Waals surface area contributed by atoms with Crippen molar-refractivity contribution in [3.63, 3.8) is 0 Å². The summed E-state index contributed by atoms with van der Waals surface area (Å²) in [5.41, 5.74) is 0.738. The largest absolute Gasteiger partial charge is 0.428 e. The Balaban J connectivity index is 2.51. The lowest BCUT2D eigenvalue weighted by Crippen LogP contribution is -2.22. The number of aryl methyl sites for hydroxylation is 2. The molecule has 0 unspecified atom stereocenters. The molecule has 1 nitrogen and oxygen atoms in total. The molecule has 0 fully saturated rings. The third-order valence-corrected chi connectivity index (χ3v) is 2.13. The quantitative estimate of drug-likeness (QED) is 0.746. The van der Waals surface area contributed by atoms with E-state index in [1.807, 2.05) is 19.1 Å². The van der Waals surface area contributed by atoms with Gasteiger partial charge in [0, 0.05) is 0 Å². The molecule has 0 aromatic heterocycles. The van der Waals surface area contributed by atoms with E-state index in [1.54, 1.807) is 12.1 Å². The second-order valence-corrected chi connectivity index (χ2v) is 3.46. The normalized spacial score (nSPS) is 11.5. The third-order valence-electron chi connectivity index (χ3n) is 2.13. The van der Waals surface area contributed by atoms with Crippen LogP contribution < -0.4 is 0 Å². The first-order chi connectivity index (χ1) is 6.89. The Bertz CT molecular complexity index is 338. The van der Waals surface area contributed by atoms with E-state index in [0.717, 1.165) is 11.1 Å². The van der Waals surface area contributed by atoms with Gasteiger partial charge in [-0.3, -0.25) is 0 Å². The summed E-state index contributed by atoms with van der Waals surface area (Å²) in [6.07, 6.45) is -4.48. The van der Waals surface area contributed by atoms with E-state index in [9.17, 15) is 13.2 Å². The number of alkyl halides is 3. The molecule has 1 aromatic carbocycles. The van der Waals surface area contributed by atoms with Crippen LogP contribution in [0, 0.1) is 12.3 Å². The third kappa shape index (κ3) is 3.73. The Morgan fingerprint density at radius 1 is 1.20 bits per heavy atom. The summed E-state index contributed by atoms with van der Waals surface area (Å²) < 4.78 is 36.0. The summed E-state index contributed by atoms with van der Waals surface area (Å²) in [6, 6.07) is 7.29. The molecule has 1 rings (SSSR count). The van der Waals surface area contributed by atoms with Gasteiger partial charge in [0.1, 0.15) is 5.71 Å². The lowest BCUT2D eigenvalue weighted by Gasteiger charge is -2.07. The fourth-order valence-electron chi connectivity index (χ4n) is 1.17. The SMILES string of the molecule is Cc1ccc(CCC(=N)C(F)(F)F)cc1. The van der Waals surface area contributed by atoms with Gasteiger partial charge < -0.3 is 5.41 Å². The smallest absolute Gasteiger partial charge is 0.301 e. The van der Waals surface area contributed by atoms with Gasteiger partial charge in [-0.1, -0.05) is 29.8 Å². The molecule has 0 saturated heterocycles. The van der Waals surface area contributed by atoms with Gasteiger partial charge in [0.25, 0.3) is 0 Å². The molecule has 0 spiro atoms. The van der Waals surface area contributed by atoms with Crippen molar-refractivity contribution in [1.29, 1.82) is 5.41 Å². The standard InChI is InChI=1S/C11H12F3N/c1-8-2-4-9(5-3-8)6-7-10(15)11(12,13)14/h2-5,15H,6-7H2,1H3. The maximum atomic E-state index is 12.0. The number of hydrogen-bond acceptors (Lipinski definition) is 1. The first-order valence-corrected chi connectivity index (χ1v) is 4.60. The monoisotopic (exact) mass is 215 g/mol. The van der Waals surface area contributed by atoms with Gasteiger partial charge in [-0.15, -0.1) is 0 Å². The molecular weight excluding hydrogens is 203 g/mol. The lowest BCUT2D eigenvalue weighted by atomic mass is 10.1. The average molecular weight is 215 g/mol. The van der Waals surface area contributed by atoms with Crippen LogP contribution in [0.3, 0.4) is 0 Å². The molecule has 1 N–H and O–H groups in total. The van der Waals surface area contributed by atoms with Crippen molar-refractivity contribution in [3.05, 3.63) is 35.4 Å². The van der Waals surface area contributed by atoms with Gasteiger partial charge in [-0.2, -0.15) is 13.2 Å². The fourth-order valence-corrected chi connectivity index (χ4v) is 1.17. The van der Waals surface area contributed by atoms with Crippen LogP contribution in [0.4, 0.5) is 13.2 Å². The van der Waals surface area contributed by atoms with Crippen LogP contribution in [0.1, 0.15) is 17.5 Å². The van der Waals surface area contributed by atoms with Crippen LogP contribution in [0.2, 0.25) is 0 Å². The molecule has 0 aliphatic heterocycles. The van der Waals surface area contributed by atoms with Crippen LogP contribution in [0.25, 0.3) is 0 Å². The number of halogens is 3. The van der Waals surface area contributed by atoms with Crippen molar-refractivity contribution in [2.75, 3.05) is 0 Å². The summed E-state index contributed by atoms with van der Waals surface area (Å²) in [7, 11) is 0. The molecule has 15 heavy (non-hydrogen) atoms. The molecule has 0 saturated carbocycles. The highest BCUT2D eigenvalue weighted by molar-refractivity contribution is 5.86. The number of nitrogens with one attached hydrogen (secondary N) is 1. The Morgan fingerprint density at radius 3 is 2.20 bits per heavy atom. The zero-order valence-corrected chi connectivity index (χ0v) is 8.36. The second kappa shape index (κ2) is 4.47. The molecule has 0 amide bonds. The molecule has 0 aliphatic carbocycles. The van der Waals surface area contributed by atoms with E-state index >= 15 is 0 Å². The molecule has 1 aromatic rings. The van der Waals surface area contributed by atoms with Gasteiger partial charge in [0.2, 0.25) is 0 Å². The van der Waals surface area contributed by atoms with Crippen molar-refractivity contribution < 1.29 is 13.2 Å². The molecule has 0 heterocycles. The Hall–Kier alpha value is -1.32. The molecule has 4 heteroatoms. The lowest BCUT2D eigenvalue weighted by molar-refractivity contribution is -0.0612. The van der Waals surface area contributed by atoms with Crippen LogP contribution >= 0.6 is 0 Å². The predicted molar refractivity (Wildman–Crippen MR) is 53.3 cm³/mol. The fraction of sp³-hybridized carbons (Fsp3) is 0.364. The highest BCUT2D eigenvalue weighted by atomic mass is 19.4. The Labute approximate surface area is 86.4 Å². The summed E-state index contributed by atoms with van der Waals surface area (Å²) in [6.45, 7) is 1.92. The number of benzene rings is 1. The topological polar surface area (TPSA) is 23.9 Å². The summed E-state index contributed by atoms with van der Waals surface area (Å²) in [5, 5.41) is 6.81. The van der Waals surface area contributed by atoms with E-state index in [4.69, 9.17) is 5.41 Å². The average Bonchev–Trinajstić information content (AvgIpc) is 2.15. The van der Waals surface area contributed by atoms with Gasteiger partial charge in [-0.25, -0.2) is 0 Å². The van der Waals surface area contributed by atoms with E-state index in [1.165, 1.54) is 0 Å². The minimum absolute atomic E-state index is 0.257. The van der Waals surface area contributed by atoms with Crippen molar-refractivity contribution in [3.8, 4) is 0 Å². The summed E-state index contributed by atoms with van der Waals surface area (Å²) in [5.74, 6) is 0. The minimum atomic E-state index is -4.48. The van der Waals surface area contributed by atoms with Crippen molar-refractivity contribution in [1.82, 2.24) is 0 Å². The van der Waals surface area contributed by atoms with E-state index in [-0.39, 0.29) is 12.8 Å². The van der Waals surface area contributed by atoms with Crippen LogP contribution in [0.15, 0.2) is 24.3 Å². The minimum Gasteiger partial charge on any atom is -0.301 e. The molecule has 0 radical (unpaired) electrons. The van der Waals surface area contributed by atoms with E-state index < -0.39 is 11.9 Å². The Kier molecular flexibility index (Phi) is 3.50. The van der Waals surface area contributed by atoms with Gasteiger partial charge >= 0.3 is 6.18 Å². The van der Waals surface area contributed by atoms with Crippen molar-refractivity contribution in [2.24, 2.45) is 0 Å². The Morgan fingerprint density at radius 2 is 1.73 bits per heavy atom. The van der Waals surface area contributed by atoms with Gasteiger partial charge in [0.05, 0.1) is 0 Å². The number of rotatable bonds is 3. The highest BCUT2D eigenvalue weighted by Gasteiger charge is 2.33. The molecule has 0 aliphatic rings. The van der Waals surface area contributed by atoms with Gasteiger partial charge in [0.15, 0.2) is 0 Å². The summed E-state index contributed by atoms with van der Waals surface area (Å²) >= 11 is 0. The zero-order valence-electron chi connectivity index (χ0n) is 8.36. The van der Waals surface area contributed by atoms with Crippen LogP contribution in [-0.4, -0.2) is 11.9 Å². The summed E-state index contributed by atoms with van der Waals surface area (Å²) in [4.78, 5) is 0. The van der Waals surface area contributed by atoms with Crippen LogP contribution in [-0.2, 0) is 6.42 Å². The zero-order chi connectivity index (χ0) is 11.5. The first-order valence-electron chi connectivity index (χ1n) is 4.60.